The number of rotatable bonds is 2. The second kappa shape index (κ2) is 5.03. The topological polar surface area (TPSA) is 41.9 Å². The first kappa shape index (κ1) is 13.5. The third-order valence-electron chi connectivity index (χ3n) is 4.21. The Bertz CT molecular complexity index is 876. The molecule has 0 atom stereocenters. The maximum absolute atomic E-state index is 5.89. The molecule has 5 rings (SSSR count). The van der Waals surface area contributed by atoms with Gasteiger partial charge in [-0.15, -0.1) is 0 Å². The molecule has 0 fully saturated rings. The molecule has 2 aliphatic rings. The van der Waals surface area contributed by atoms with Crippen LogP contribution in [0.15, 0.2) is 60.8 Å². The van der Waals surface area contributed by atoms with Crippen LogP contribution in [0.1, 0.15) is 0 Å². The van der Waals surface area contributed by atoms with E-state index in [1.807, 2.05) is 72.4 Å². The van der Waals surface area contributed by atoms with Crippen LogP contribution in [0.25, 0.3) is 0 Å². The van der Waals surface area contributed by atoms with Gasteiger partial charge in [-0.3, -0.25) is 0 Å². The molecule has 5 nitrogen and oxygen atoms in total. The minimum Gasteiger partial charge on any atom is -0.519 e. The number of benzene rings is 2. The molecule has 2 aromatic carbocycles. The summed E-state index contributed by atoms with van der Waals surface area (Å²) >= 11 is 0. The molecule has 0 unspecified atom stereocenters. The number of para-hydroxylation sites is 4. The van der Waals surface area contributed by atoms with Crippen LogP contribution in [-0.4, -0.2) is 18.8 Å². The molecule has 0 saturated carbocycles. The minimum atomic E-state index is -0.468. The van der Waals surface area contributed by atoms with E-state index in [-0.39, 0.29) is 0 Å². The number of nitrogens with zero attached hydrogens (tertiary/aromatic N) is 1. The van der Waals surface area contributed by atoms with Gasteiger partial charge in [0.1, 0.15) is 23.0 Å². The highest BCUT2D eigenvalue weighted by molar-refractivity contribution is 6.67. The third kappa shape index (κ3) is 2.05. The summed E-state index contributed by atoms with van der Waals surface area (Å²) in [6, 6.07) is 17.3. The molecule has 0 amide bonds. The summed E-state index contributed by atoms with van der Waals surface area (Å²) in [5.74, 6) is 3.03. The van der Waals surface area contributed by atoms with Gasteiger partial charge in [-0.25, -0.2) is 0 Å². The molecule has 24 heavy (non-hydrogen) atoms. The molecule has 0 aliphatic carbocycles. The van der Waals surface area contributed by atoms with Gasteiger partial charge >= 0.3 is 14.2 Å². The van der Waals surface area contributed by atoms with Gasteiger partial charge in [0.2, 0.25) is 0 Å². The van der Waals surface area contributed by atoms with Crippen molar-refractivity contribution in [3.63, 3.8) is 0 Å². The Kier molecular flexibility index (Phi) is 2.82. The zero-order valence-electron chi connectivity index (χ0n) is 13.0. The van der Waals surface area contributed by atoms with Crippen molar-refractivity contribution < 1.29 is 18.6 Å². The average molecular weight is 317 g/mol. The summed E-state index contributed by atoms with van der Waals surface area (Å²) in [4.78, 5) is 0. The van der Waals surface area contributed by atoms with Crippen molar-refractivity contribution in [3.05, 3.63) is 60.8 Å². The van der Waals surface area contributed by atoms with Crippen molar-refractivity contribution in [2.24, 2.45) is 7.05 Å². The summed E-state index contributed by atoms with van der Waals surface area (Å²) in [6.45, 7) is 0. The molecular weight excluding hydrogens is 304 g/mol. The van der Waals surface area contributed by atoms with E-state index in [1.165, 1.54) is 0 Å². The number of aryl methyl sites for hydroxylation is 1. The zero-order chi connectivity index (χ0) is 16.1. The predicted molar refractivity (Wildman–Crippen MR) is 91.6 cm³/mol. The Labute approximate surface area is 140 Å². The summed E-state index contributed by atoms with van der Waals surface area (Å²) in [6.07, 6.45) is 1.97. The lowest BCUT2D eigenvalue weighted by molar-refractivity contribution is 0.515. The molecule has 2 aliphatic heterocycles. The van der Waals surface area contributed by atoms with Crippen molar-refractivity contribution in [1.82, 2.24) is 4.57 Å². The SMILES string of the molecule is Cn1cc(B2Oc3ccccc3O2)cc1B1Oc2ccccc2O1. The van der Waals surface area contributed by atoms with Gasteiger partial charge in [-0.1, -0.05) is 24.3 Å². The van der Waals surface area contributed by atoms with Crippen LogP contribution in [0.3, 0.4) is 0 Å². The summed E-state index contributed by atoms with van der Waals surface area (Å²) < 4.78 is 25.5. The number of fused-ring (bicyclic) bond motifs is 2. The van der Waals surface area contributed by atoms with Crippen LogP contribution in [0.5, 0.6) is 23.0 Å². The van der Waals surface area contributed by atoms with Crippen molar-refractivity contribution >= 4 is 25.3 Å². The van der Waals surface area contributed by atoms with Gasteiger partial charge in [0, 0.05) is 18.7 Å². The number of hydrogen-bond donors (Lipinski definition) is 0. The molecule has 0 bridgehead atoms. The molecule has 3 heterocycles. The van der Waals surface area contributed by atoms with Crippen molar-refractivity contribution in [2.45, 2.75) is 0 Å². The maximum Gasteiger partial charge on any atom is 0.650 e. The standard InChI is InChI=1S/C17H13B2NO4/c1-20-11-12(18-21-13-6-2-3-7-14(13)22-18)10-17(20)19-23-15-8-4-5-9-16(15)24-19/h2-11H,1H3. The lowest BCUT2D eigenvalue weighted by Gasteiger charge is -2.05. The molecule has 0 radical (unpaired) electrons. The Morgan fingerprint density at radius 3 is 1.67 bits per heavy atom. The van der Waals surface area contributed by atoms with Crippen molar-refractivity contribution in [1.29, 1.82) is 0 Å². The average Bonchev–Trinajstić information content (AvgIpc) is 3.29. The van der Waals surface area contributed by atoms with Gasteiger partial charge < -0.3 is 23.2 Å². The highest BCUT2D eigenvalue weighted by atomic mass is 16.6. The second-order valence-electron chi connectivity index (χ2n) is 5.84. The molecular formula is C17H13B2NO4. The van der Waals surface area contributed by atoms with E-state index in [1.54, 1.807) is 0 Å². The van der Waals surface area contributed by atoms with Gasteiger partial charge in [0.25, 0.3) is 0 Å². The molecule has 0 saturated heterocycles. The summed E-state index contributed by atoms with van der Waals surface area (Å²) in [7, 11) is 1.03. The maximum atomic E-state index is 5.89. The highest BCUT2D eigenvalue weighted by Crippen LogP contribution is 2.33. The molecule has 116 valence electrons. The van der Waals surface area contributed by atoms with Crippen molar-refractivity contribution in [3.8, 4) is 23.0 Å². The minimum absolute atomic E-state index is 0.453. The Morgan fingerprint density at radius 2 is 1.17 bits per heavy atom. The lowest BCUT2D eigenvalue weighted by Crippen LogP contribution is -2.43. The van der Waals surface area contributed by atoms with E-state index >= 15 is 0 Å². The Balaban J connectivity index is 1.41. The normalized spacial score (nSPS) is 14.4. The van der Waals surface area contributed by atoms with Crippen LogP contribution < -0.4 is 29.7 Å². The van der Waals surface area contributed by atoms with Gasteiger partial charge in [0.05, 0.1) is 5.59 Å². The molecule has 0 spiro atoms. The van der Waals surface area contributed by atoms with Crippen LogP contribution in [0.4, 0.5) is 0 Å². The molecule has 3 aromatic rings. The molecule has 0 N–H and O–H groups in total. The van der Waals surface area contributed by atoms with Crippen LogP contribution in [0.2, 0.25) is 0 Å². The van der Waals surface area contributed by atoms with E-state index in [0.717, 1.165) is 34.1 Å². The number of aromatic nitrogens is 1. The quantitative estimate of drug-likeness (QED) is 0.670. The number of hydrogen-bond acceptors (Lipinski definition) is 4. The van der Waals surface area contributed by atoms with E-state index in [9.17, 15) is 0 Å². The highest BCUT2D eigenvalue weighted by Gasteiger charge is 2.40. The fourth-order valence-electron chi connectivity index (χ4n) is 3.03. The largest absolute Gasteiger partial charge is 0.650 e. The first-order chi connectivity index (χ1) is 11.8. The van der Waals surface area contributed by atoms with E-state index in [4.69, 9.17) is 18.6 Å². The van der Waals surface area contributed by atoms with E-state index in [0.29, 0.717) is 0 Å². The second-order valence-corrected chi connectivity index (χ2v) is 5.84. The fraction of sp³-hybridized carbons (Fsp3) is 0.0588. The van der Waals surface area contributed by atoms with Crippen molar-refractivity contribution in [2.75, 3.05) is 0 Å². The van der Waals surface area contributed by atoms with E-state index in [2.05, 4.69) is 0 Å². The Hall–Kier alpha value is -2.95. The van der Waals surface area contributed by atoms with Gasteiger partial charge in [-0.05, 0) is 30.3 Å². The third-order valence-corrected chi connectivity index (χ3v) is 4.21. The Morgan fingerprint density at radius 1 is 0.708 bits per heavy atom. The lowest BCUT2D eigenvalue weighted by atomic mass is 9.78. The zero-order valence-corrected chi connectivity index (χ0v) is 13.0. The van der Waals surface area contributed by atoms with Crippen LogP contribution in [0, 0.1) is 0 Å². The summed E-state index contributed by atoms with van der Waals surface area (Å²) in [5, 5.41) is 0. The first-order valence-corrected chi connectivity index (χ1v) is 7.79. The van der Waals surface area contributed by atoms with Gasteiger partial charge in [0.15, 0.2) is 0 Å². The fourth-order valence-corrected chi connectivity index (χ4v) is 3.03. The van der Waals surface area contributed by atoms with Crippen LogP contribution >= 0.6 is 0 Å². The predicted octanol–water partition coefficient (Wildman–Crippen LogP) is 1.36. The van der Waals surface area contributed by atoms with Gasteiger partial charge in [-0.2, -0.15) is 0 Å². The van der Waals surface area contributed by atoms with Crippen LogP contribution in [-0.2, 0) is 7.05 Å². The smallest absolute Gasteiger partial charge is 0.519 e. The van der Waals surface area contributed by atoms with E-state index < -0.39 is 14.2 Å². The monoisotopic (exact) mass is 317 g/mol. The first-order valence-electron chi connectivity index (χ1n) is 7.79. The summed E-state index contributed by atoms with van der Waals surface area (Å²) in [5.41, 5.74) is 1.83. The molecule has 7 heteroatoms. The molecule has 1 aromatic heterocycles.